The molecule has 0 N–H and O–H groups in total. The zero-order chi connectivity index (χ0) is 19.0. The van der Waals surface area contributed by atoms with Crippen LogP contribution >= 0.6 is 46.5 Å². The van der Waals surface area contributed by atoms with Gasteiger partial charge in [-0.15, -0.1) is 11.3 Å². The minimum Gasteiger partial charge on any atom is -0.462 e. The summed E-state index contributed by atoms with van der Waals surface area (Å²) in [6, 6.07) is 0. The molecule has 0 bridgehead atoms. The van der Waals surface area contributed by atoms with Gasteiger partial charge in [-0.3, -0.25) is 14.2 Å². The van der Waals surface area contributed by atoms with Crippen molar-refractivity contribution in [1.29, 1.82) is 0 Å². The molecule has 0 unspecified atom stereocenters. The Kier molecular flexibility index (Phi) is 5.82. The standard InChI is InChI=1S/C17H19ClFN3O2S3/c18-13-11(9-12(23)24-10-5-1-2-6-10)26-15(19)14(13)20-16-21-7-3-4-8-22(21)17(25)27-16/h10H,1-9H2. The third-order valence-electron chi connectivity index (χ3n) is 4.86. The SMILES string of the molecule is O=C(Cc1sc(F)c(N=c2sc(=S)n3n2CCCC3)c1Cl)OC1CCCC1. The number of carbonyl (C=O) groups excluding carboxylic acids is 1. The molecule has 2 aromatic heterocycles. The second-order valence-corrected chi connectivity index (χ2v) is 9.78. The minimum absolute atomic E-state index is 0.0122. The number of thiophene rings is 1. The molecule has 1 fully saturated rings. The fraction of sp³-hybridized carbons (Fsp3) is 0.588. The van der Waals surface area contributed by atoms with Gasteiger partial charge in [-0.05, 0) is 50.7 Å². The lowest BCUT2D eigenvalue weighted by molar-refractivity contribution is -0.147. The van der Waals surface area contributed by atoms with Crippen molar-refractivity contribution in [2.75, 3.05) is 0 Å². The van der Waals surface area contributed by atoms with E-state index in [0.29, 0.717) is 9.68 Å². The van der Waals surface area contributed by atoms with Crippen LogP contribution in [-0.2, 0) is 29.0 Å². The average molecular weight is 448 g/mol. The van der Waals surface area contributed by atoms with Crippen LogP contribution in [0.25, 0.3) is 0 Å². The Bertz CT molecular complexity index is 985. The summed E-state index contributed by atoms with van der Waals surface area (Å²) >= 11 is 14.0. The summed E-state index contributed by atoms with van der Waals surface area (Å²) in [5.41, 5.74) is 0.0862. The molecule has 2 aliphatic rings. The van der Waals surface area contributed by atoms with Crippen LogP contribution in [0.5, 0.6) is 0 Å². The van der Waals surface area contributed by atoms with E-state index >= 15 is 0 Å². The first kappa shape index (κ1) is 19.3. The van der Waals surface area contributed by atoms with Crippen LogP contribution in [-0.4, -0.2) is 21.4 Å². The first-order chi connectivity index (χ1) is 13.0. The first-order valence-electron chi connectivity index (χ1n) is 9.04. The van der Waals surface area contributed by atoms with Gasteiger partial charge in [0.1, 0.15) is 11.8 Å². The third-order valence-corrected chi connectivity index (χ3v) is 7.67. The molecule has 3 heterocycles. The Labute approximate surface area is 174 Å². The van der Waals surface area contributed by atoms with Crippen molar-refractivity contribution in [3.63, 3.8) is 0 Å². The molecule has 0 spiro atoms. The van der Waals surface area contributed by atoms with Crippen molar-refractivity contribution in [2.24, 2.45) is 4.99 Å². The predicted molar refractivity (Wildman–Crippen MR) is 107 cm³/mol. The fourth-order valence-electron chi connectivity index (χ4n) is 3.50. The van der Waals surface area contributed by atoms with E-state index in [1.807, 2.05) is 9.36 Å². The quantitative estimate of drug-likeness (QED) is 0.490. The van der Waals surface area contributed by atoms with Gasteiger partial charge < -0.3 is 4.74 Å². The van der Waals surface area contributed by atoms with Crippen LogP contribution in [0, 0.1) is 9.09 Å². The molecule has 0 saturated heterocycles. The Morgan fingerprint density at radius 2 is 1.93 bits per heavy atom. The fourth-order valence-corrected chi connectivity index (χ4v) is 6.00. The Balaban J connectivity index is 1.60. The van der Waals surface area contributed by atoms with Crippen LogP contribution in [0.3, 0.4) is 0 Å². The molecule has 2 aromatic rings. The number of esters is 1. The first-order valence-corrected chi connectivity index (χ1v) is 11.5. The largest absolute Gasteiger partial charge is 0.462 e. The zero-order valence-electron chi connectivity index (χ0n) is 14.6. The number of rotatable bonds is 4. The van der Waals surface area contributed by atoms with Crippen LogP contribution in [0.4, 0.5) is 10.1 Å². The van der Waals surface area contributed by atoms with E-state index in [1.54, 1.807) is 0 Å². The van der Waals surface area contributed by atoms with Crippen molar-refractivity contribution in [3.05, 3.63) is 23.8 Å². The monoisotopic (exact) mass is 447 g/mol. The predicted octanol–water partition coefficient (Wildman–Crippen LogP) is 4.99. The lowest BCUT2D eigenvalue weighted by Gasteiger charge is -2.16. The lowest BCUT2D eigenvalue weighted by atomic mass is 10.3. The molecule has 5 nitrogen and oxygen atoms in total. The number of hydrogen-bond acceptors (Lipinski definition) is 6. The Morgan fingerprint density at radius 1 is 1.22 bits per heavy atom. The second-order valence-electron chi connectivity index (χ2n) is 6.75. The number of fused-ring (bicyclic) bond motifs is 1. The highest BCUT2D eigenvalue weighted by Crippen LogP contribution is 2.38. The summed E-state index contributed by atoms with van der Waals surface area (Å²) < 4.78 is 24.7. The van der Waals surface area contributed by atoms with Crippen molar-refractivity contribution in [2.45, 2.75) is 64.1 Å². The van der Waals surface area contributed by atoms with Gasteiger partial charge in [-0.2, -0.15) is 4.39 Å². The topological polar surface area (TPSA) is 48.5 Å². The Hall–Kier alpha value is -1.03. The molecule has 0 atom stereocenters. The molecule has 1 aliphatic heterocycles. The number of ether oxygens (including phenoxy) is 1. The van der Waals surface area contributed by atoms with Gasteiger partial charge in [0.15, 0.2) is 3.95 Å². The van der Waals surface area contributed by atoms with E-state index in [-0.39, 0.29) is 29.2 Å². The number of hydrogen-bond donors (Lipinski definition) is 0. The normalized spacial score (nSPS) is 18.1. The highest BCUT2D eigenvalue weighted by Gasteiger charge is 2.23. The highest BCUT2D eigenvalue weighted by molar-refractivity contribution is 7.73. The summed E-state index contributed by atoms with van der Waals surface area (Å²) in [4.78, 5) is 17.7. The molecule has 1 saturated carbocycles. The van der Waals surface area contributed by atoms with Gasteiger partial charge in [0.05, 0.1) is 11.4 Å². The second kappa shape index (κ2) is 8.14. The molecular formula is C17H19ClFN3O2S3. The molecule has 0 amide bonds. The van der Waals surface area contributed by atoms with E-state index < -0.39 is 5.13 Å². The molecule has 0 radical (unpaired) electrons. The summed E-state index contributed by atoms with van der Waals surface area (Å²) in [6.45, 7) is 1.65. The molecule has 10 heteroatoms. The highest BCUT2D eigenvalue weighted by atomic mass is 35.5. The van der Waals surface area contributed by atoms with E-state index in [2.05, 4.69) is 4.99 Å². The van der Waals surface area contributed by atoms with Crippen LogP contribution in [0.1, 0.15) is 43.4 Å². The number of aromatic nitrogens is 2. The number of halogens is 2. The number of nitrogens with zero attached hydrogens (tertiary/aromatic N) is 3. The molecule has 4 rings (SSSR count). The van der Waals surface area contributed by atoms with Gasteiger partial charge in [-0.1, -0.05) is 22.9 Å². The van der Waals surface area contributed by atoms with E-state index in [0.717, 1.165) is 66.9 Å². The van der Waals surface area contributed by atoms with Gasteiger partial charge in [0.25, 0.3) is 0 Å². The van der Waals surface area contributed by atoms with Gasteiger partial charge in [0.2, 0.25) is 9.93 Å². The summed E-state index contributed by atoms with van der Waals surface area (Å²) in [7, 11) is 0. The molecular weight excluding hydrogens is 429 g/mol. The zero-order valence-corrected chi connectivity index (χ0v) is 17.8. The maximum Gasteiger partial charge on any atom is 0.311 e. The smallest absolute Gasteiger partial charge is 0.311 e. The molecule has 146 valence electrons. The third kappa shape index (κ3) is 4.06. The summed E-state index contributed by atoms with van der Waals surface area (Å²) in [6.07, 6.45) is 6.05. The summed E-state index contributed by atoms with van der Waals surface area (Å²) in [5.74, 6) is -0.358. The number of carbonyl (C=O) groups is 1. The van der Waals surface area contributed by atoms with E-state index in [1.165, 1.54) is 11.3 Å². The van der Waals surface area contributed by atoms with Crippen molar-refractivity contribution < 1.29 is 13.9 Å². The van der Waals surface area contributed by atoms with Crippen molar-refractivity contribution in [3.8, 4) is 0 Å². The summed E-state index contributed by atoms with van der Waals surface area (Å²) in [5, 5.41) is -0.298. The molecule has 1 aliphatic carbocycles. The maximum atomic E-state index is 14.5. The van der Waals surface area contributed by atoms with Gasteiger partial charge >= 0.3 is 5.97 Å². The van der Waals surface area contributed by atoms with Crippen molar-refractivity contribution >= 4 is 58.1 Å². The van der Waals surface area contributed by atoms with Crippen LogP contribution in [0.15, 0.2) is 4.99 Å². The van der Waals surface area contributed by atoms with Crippen LogP contribution in [0.2, 0.25) is 5.02 Å². The Morgan fingerprint density at radius 3 is 2.67 bits per heavy atom. The molecule has 0 aromatic carbocycles. The van der Waals surface area contributed by atoms with Crippen molar-refractivity contribution in [1.82, 2.24) is 9.36 Å². The van der Waals surface area contributed by atoms with E-state index in [9.17, 15) is 9.18 Å². The van der Waals surface area contributed by atoms with Gasteiger partial charge in [-0.25, -0.2) is 4.99 Å². The minimum atomic E-state index is -0.488. The average Bonchev–Trinajstić information content (AvgIpc) is 3.32. The maximum absolute atomic E-state index is 14.5. The lowest BCUT2D eigenvalue weighted by Crippen LogP contribution is -2.27. The van der Waals surface area contributed by atoms with E-state index in [4.69, 9.17) is 28.6 Å². The molecule has 27 heavy (non-hydrogen) atoms. The van der Waals surface area contributed by atoms with Crippen LogP contribution < -0.4 is 4.80 Å². The van der Waals surface area contributed by atoms with Gasteiger partial charge in [0, 0.05) is 18.0 Å².